The topological polar surface area (TPSA) is 49.3 Å². The zero-order valence-corrected chi connectivity index (χ0v) is 9.12. The van der Waals surface area contributed by atoms with Crippen molar-refractivity contribution in [1.29, 1.82) is 0 Å². The number of hydroxylamine groups is 1. The number of amides is 1. The first kappa shape index (κ1) is 9.59. The van der Waals surface area contributed by atoms with Gasteiger partial charge in [0.05, 0.1) is 4.88 Å². The summed E-state index contributed by atoms with van der Waals surface area (Å²) in [5, 5.41) is 10.6. The number of thiophene rings is 1. The van der Waals surface area contributed by atoms with Crippen molar-refractivity contribution in [2.24, 2.45) is 0 Å². The summed E-state index contributed by atoms with van der Waals surface area (Å²) in [6.07, 6.45) is 0. The van der Waals surface area contributed by atoms with Crippen LogP contribution in [0.5, 0.6) is 0 Å². The predicted octanol–water partition coefficient (Wildman–Crippen LogP) is 1.52. The fourth-order valence-corrected chi connectivity index (χ4v) is 2.60. The van der Waals surface area contributed by atoms with Crippen LogP contribution in [0.25, 0.3) is 10.1 Å². The Morgan fingerprint density at radius 3 is 2.93 bits per heavy atom. The third kappa shape index (κ3) is 1.64. The molecule has 2 rings (SSSR count). The van der Waals surface area contributed by atoms with Gasteiger partial charge >= 0.3 is 0 Å². The van der Waals surface area contributed by atoms with Crippen molar-refractivity contribution < 1.29 is 10.0 Å². The van der Waals surface area contributed by atoms with E-state index in [9.17, 15) is 4.79 Å². The lowest BCUT2D eigenvalue weighted by atomic mass is 10.2. The molecule has 0 aliphatic heterocycles. The van der Waals surface area contributed by atoms with Gasteiger partial charge in [0.15, 0.2) is 0 Å². The third-order valence-electron chi connectivity index (χ3n) is 1.87. The maximum atomic E-state index is 11.1. The standard InChI is InChI=1S/C9H8NO2PS/c11-9(10-12)8-3-5-1-2-6(13)4-7(5)14-8/h1-4,12H,13H2,(H,10,11). The summed E-state index contributed by atoms with van der Waals surface area (Å²) >= 11 is 1.36. The van der Waals surface area contributed by atoms with Crippen molar-refractivity contribution in [3.8, 4) is 0 Å². The molecule has 0 aliphatic rings. The van der Waals surface area contributed by atoms with Gasteiger partial charge in [0, 0.05) is 4.70 Å². The van der Waals surface area contributed by atoms with Crippen LogP contribution in [0.3, 0.4) is 0 Å². The second-order valence-electron chi connectivity index (χ2n) is 2.85. The fraction of sp³-hybridized carbons (Fsp3) is 0. The van der Waals surface area contributed by atoms with E-state index in [4.69, 9.17) is 5.21 Å². The molecule has 1 atom stereocenters. The third-order valence-corrected chi connectivity index (χ3v) is 3.33. The van der Waals surface area contributed by atoms with E-state index < -0.39 is 5.91 Å². The Morgan fingerprint density at radius 2 is 2.21 bits per heavy atom. The maximum Gasteiger partial charge on any atom is 0.284 e. The lowest BCUT2D eigenvalue weighted by molar-refractivity contribution is 0.0711. The second kappa shape index (κ2) is 3.65. The number of carbonyl (C=O) groups excluding carboxylic acids is 1. The Bertz CT molecular complexity index is 495. The van der Waals surface area contributed by atoms with Gasteiger partial charge in [-0.3, -0.25) is 10.0 Å². The van der Waals surface area contributed by atoms with E-state index in [1.807, 2.05) is 18.2 Å². The Morgan fingerprint density at radius 1 is 1.43 bits per heavy atom. The average molecular weight is 225 g/mol. The molecule has 2 aromatic rings. The molecule has 72 valence electrons. The second-order valence-corrected chi connectivity index (χ2v) is 4.60. The quantitative estimate of drug-likeness (QED) is 0.439. The van der Waals surface area contributed by atoms with Gasteiger partial charge in [-0.1, -0.05) is 12.1 Å². The summed E-state index contributed by atoms with van der Waals surface area (Å²) in [6, 6.07) is 7.65. The van der Waals surface area contributed by atoms with Crippen LogP contribution >= 0.6 is 20.6 Å². The van der Waals surface area contributed by atoms with E-state index >= 15 is 0 Å². The molecule has 0 radical (unpaired) electrons. The Balaban J connectivity index is 2.56. The molecule has 1 aromatic heterocycles. The number of hydrogen-bond acceptors (Lipinski definition) is 3. The van der Waals surface area contributed by atoms with E-state index in [0.717, 1.165) is 15.4 Å². The molecule has 0 spiro atoms. The number of benzene rings is 1. The molecule has 5 heteroatoms. The minimum Gasteiger partial charge on any atom is -0.288 e. The molecule has 1 amide bonds. The molecule has 2 N–H and O–H groups in total. The van der Waals surface area contributed by atoms with Crippen LogP contribution in [0.15, 0.2) is 24.3 Å². The van der Waals surface area contributed by atoms with Gasteiger partial charge in [0.25, 0.3) is 5.91 Å². The van der Waals surface area contributed by atoms with Crippen LogP contribution in [0, 0.1) is 0 Å². The zero-order valence-electron chi connectivity index (χ0n) is 7.15. The van der Waals surface area contributed by atoms with E-state index in [1.54, 1.807) is 11.5 Å². The van der Waals surface area contributed by atoms with E-state index in [-0.39, 0.29) is 0 Å². The Hall–Kier alpha value is -0.960. The number of fused-ring (bicyclic) bond motifs is 1. The molecular formula is C9H8NO2PS. The highest BCUT2D eigenvalue weighted by Crippen LogP contribution is 2.24. The molecule has 0 saturated carbocycles. The summed E-state index contributed by atoms with van der Waals surface area (Å²) in [4.78, 5) is 11.6. The number of carbonyl (C=O) groups is 1. The molecule has 1 unspecified atom stereocenters. The molecule has 1 heterocycles. The normalized spacial score (nSPS) is 10.4. The van der Waals surface area contributed by atoms with Crippen molar-refractivity contribution in [2.75, 3.05) is 0 Å². The minimum atomic E-state index is -0.462. The highest BCUT2D eigenvalue weighted by molar-refractivity contribution is 7.28. The van der Waals surface area contributed by atoms with E-state index in [0.29, 0.717) is 4.88 Å². The van der Waals surface area contributed by atoms with Gasteiger partial charge in [-0.25, -0.2) is 5.48 Å². The monoisotopic (exact) mass is 225 g/mol. The largest absolute Gasteiger partial charge is 0.288 e. The van der Waals surface area contributed by atoms with Gasteiger partial charge in [0.1, 0.15) is 0 Å². The highest BCUT2D eigenvalue weighted by Gasteiger charge is 2.08. The number of rotatable bonds is 1. The fourth-order valence-electron chi connectivity index (χ4n) is 1.21. The summed E-state index contributed by atoms with van der Waals surface area (Å²) in [5.41, 5.74) is 1.62. The smallest absolute Gasteiger partial charge is 0.284 e. The van der Waals surface area contributed by atoms with Crippen molar-refractivity contribution in [3.63, 3.8) is 0 Å². The van der Waals surface area contributed by atoms with Gasteiger partial charge in [-0.15, -0.1) is 20.6 Å². The maximum absolute atomic E-state index is 11.1. The first-order valence-corrected chi connectivity index (χ1v) is 5.33. The average Bonchev–Trinajstić information content (AvgIpc) is 2.59. The SMILES string of the molecule is O=C(NO)c1cc2ccc(P)cc2s1. The van der Waals surface area contributed by atoms with Crippen molar-refractivity contribution >= 4 is 41.9 Å². The number of nitrogens with one attached hydrogen (secondary N) is 1. The van der Waals surface area contributed by atoms with Crippen LogP contribution < -0.4 is 10.8 Å². The van der Waals surface area contributed by atoms with Gasteiger partial charge in [0.2, 0.25) is 0 Å². The van der Waals surface area contributed by atoms with Gasteiger partial charge < -0.3 is 0 Å². The Labute approximate surface area is 86.9 Å². The van der Waals surface area contributed by atoms with E-state index in [2.05, 4.69) is 9.24 Å². The zero-order chi connectivity index (χ0) is 10.1. The van der Waals surface area contributed by atoms with Crippen LogP contribution in [0.4, 0.5) is 0 Å². The van der Waals surface area contributed by atoms with Crippen molar-refractivity contribution in [2.45, 2.75) is 0 Å². The van der Waals surface area contributed by atoms with Crippen LogP contribution in [0.2, 0.25) is 0 Å². The summed E-state index contributed by atoms with van der Waals surface area (Å²) in [7, 11) is 2.60. The summed E-state index contributed by atoms with van der Waals surface area (Å²) in [6.45, 7) is 0. The van der Waals surface area contributed by atoms with Gasteiger partial charge in [-0.05, 0) is 22.8 Å². The van der Waals surface area contributed by atoms with Gasteiger partial charge in [-0.2, -0.15) is 0 Å². The minimum absolute atomic E-state index is 0.462. The molecule has 3 nitrogen and oxygen atoms in total. The molecule has 0 aliphatic carbocycles. The van der Waals surface area contributed by atoms with E-state index in [1.165, 1.54) is 11.3 Å². The molecule has 14 heavy (non-hydrogen) atoms. The summed E-state index contributed by atoms with van der Waals surface area (Å²) in [5.74, 6) is -0.462. The summed E-state index contributed by atoms with van der Waals surface area (Å²) < 4.78 is 1.04. The van der Waals surface area contributed by atoms with Crippen molar-refractivity contribution in [1.82, 2.24) is 5.48 Å². The molecule has 0 fully saturated rings. The van der Waals surface area contributed by atoms with Crippen LogP contribution in [-0.2, 0) is 0 Å². The number of hydrogen-bond donors (Lipinski definition) is 2. The molecule has 0 bridgehead atoms. The molecule has 1 aromatic carbocycles. The first-order valence-electron chi connectivity index (χ1n) is 3.94. The van der Waals surface area contributed by atoms with Crippen LogP contribution in [-0.4, -0.2) is 11.1 Å². The lowest BCUT2D eigenvalue weighted by Crippen LogP contribution is -2.16. The highest BCUT2D eigenvalue weighted by atomic mass is 32.1. The predicted molar refractivity (Wildman–Crippen MR) is 60.4 cm³/mol. The first-order chi connectivity index (χ1) is 6.70. The molecule has 0 saturated heterocycles. The van der Waals surface area contributed by atoms with Crippen LogP contribution in [0.1, 0.15) is 9.67 Å². The Kier molecular flexibility index (Phi) is 2.50. The molecular weight excluding hydrogens is 217 g/mol. The lowest BCUT2D eigenvalue weighted by Gasteiger charge is -1.90. The van der Waals surface area contributed by atoms with Crippen molar-refractivity contribution in [3.05, 3.63) is 29.1 Å².